The number of unbranched alkanes of at least 4 members (excludes halogenated alkanes) is 8. The molecule has 401 valence electrons. The van der Waals surface area contributed by atoms with E-state index in [-0.39, 0.29) is 12.8 Å². The van der Waals surface area contributed by atoms with Crippen molar-refractivity contribution < 1.29 is 119 Å². The summed E-state index contributed by atoms with van der Waals surface area (Å²) in [4.78, 5) is 7.90. The summed E-state index contributed by atoms with van der Waals surface area (Å²) in [6, 6.07) is -13.7. The van der Waals surface area contributed by atoms with Crippen LogP contribution in [-0.2, 0) is 4.79 Å². The van der Waals surface area contributed by atoms with E-state index >= 15 is 26.3 Å². The fourth-order valence-electron chi connectivity index (χ4n) is 6.15. The zero-order valence-corrected chi connectivity index (χ0v) is 35.3. The van der Waals surface area contributed by atoms with Crippen LogP contribution in [0.1, 0.15) is 97.3 Å². The highest BCUT2D eigenvalue weighted by atomic mass is 19.4. The number of alkyl halides is 26. The molecule has 0 aromatic heterocycles. The van der Waals surface area contributed by atoms with Gasteiger partial charge in [-0.25, -0.2) is 18.6 Å². The van der Waals surface area contributed by atoms with Crippen LogP contribution in [0.25, 0.3) is 0 Å². The van der Waals surface area contributed by atoms with Crippen LogP contribution in [-0.4, -0.2) is 139 Å². The molecule has 0 aliphatic carbocycles. The molecule has 0 aliphatic heterocycles. The Morgan fingerprint density at radius 3 is 1.16 bits per heavy atom. The molecular weight excluding hydrogens is 998 g/mol. The van der Waals surface area contributed by atoms with E-state index in [1.165, 1.54) is 0 Å². The first-order valence-corrected chi connectivity index (χ1v) is 20.2. The lowest BCUT2D eigenvalue weighted by Gasteiger charge is -2.45. The maximum atomic E-state index is 15.4. The lowest BCUT2D eigenvalue weighted by Crippen LogP contribution is -2.76. The summed E-state index contributed by atoms with van der Waals surface area (Å²) < 4.78 is 377. The van der Waals surface area contributed by atoms with Crippen LogP contribution >= 0.6 is 0 Å². The Balaban J connectivity index is 6.73. The van der Waals surface area contributed by atoms with Gasteiger partial charge in [0.15, 0.2) is 12.3 Å². The van der Waals surface area contributed by atoms with Gasteiger partial charge in [0.25, 0.3) is 0 Å². The van der Waals surface area contributed by atoms with Crippen molar-refractivity contribution in [2.75, 3.05) is 39.3 Å². The monoisotopic (exact) mass is 1050 g/mol. The molecule has 2 atom stereocenters. The van der Waals surface area contributed by atoms with E-state index in [1.54, 1.807) is 5.32 Å². The van der Waals surface area contributed by atoms with Crippen molar-refractivity contribution >= 4 is 6.41 Å². The highest BCUT2D eigenvalue weighted by molar-refractivity contribution is 5.46. The first kappa shape index (κ1) is 64.5. The minimum absolute atomic E-state index is 0.0644. The SMILES string of the molecule is CCCCCCCCCCC(F)C(F)(F)C(F)(F)C(F)(F)C(F)(F)N(CCCCN(CCCN)C(F)(F)C(F)(F)C(F)(F)C(F)(F)C(F)(F)C(F)(F)C(F)(F)C(F)(F)C(C)F)CCCN[C]=O. The Morgan fingerprint density at radius 1 is 0.448 bits per heavy atom. The fraction of sp³-hybridized carbons (Fsp3) is 0.972. The Hall–Kier alpha value is -2.47. The van der Waals surface area contributed by atoms with Gasteiger partial charge >= 0.3 is 77.7 Å². The van der Waals surface area contributed by atoms with Gasteiger partial charge in [-0.3, -0.25) is 4.79 Å². The maximum Gasteiger partial charge on any atom is 0.392 e. The lowest BCUT2D eigenvalue weighted by molar-refractivity contribution is -0.462. The molecule has 31 heteroatoms. The number of nitrogens with one attached hydrogen (secondary N) is 1. The maximum absolute atomic E-state index is 15.4. The number of nitrogens with two attached hydrogens (primary N) is 1. The molecule has 0 aliphatic rings. The molecule has 5 nitrogen and oxygen atoms in total. The van der Waals surface area contributed by atoms with Crippen molar-refractivity contribution in [1.82, 2.24) is 15.1 Å². The molecule has 0 saturated heterocycles. The second kappa shape index (κ2) is 23.6. The van der Waals surface area contributed by atoms with Crippen LogP contribution in [0.3, 0.4) is 0 Å². The second-order valence-corrected chi connectivity index (χ2v) is 15.5. The summed E-state index contributed by atoms with van der Waals surface area (Å²) in [5, 5.41) is 1.65. The average Bonchev–Trinajstić information content (AvgIpc) is 3.20. The van der Waals surface area contributed by atoms with Crippen molar-refractivity contribution in [1.29, 1.82) is 0 Å². The van der Waals surface area contributed by atoms with Gasteiger partial charge in [-0.05, 0) is 45.6 Å². The summed E-state index contributed by atoms with van der Waals surface area (Å²) in [6.07, 6.45) is -11.4. The summed E-state index contributed by atoms with van der Waals surface area (Å²) >= 11 is 0. The number of hydrogen-bond acceptors (Lipinski definition) is 4. The van der Waals surface area contributed by atoms with E-state index in [2.05, 4.69) is 0 Å². The standard InChI is InChI=1S/C36H49F26N4O/c1-3-4-5-6-7-8-9-10-15-24(38)26(41,42)28(45,46)33(55,56)35(59,60)66(21-14-17-64-22-67)19-12-11-18-65(20-13-16-63)36(61,62)34(57,58)32(53,54)31(51,52)30(49,50)29(47,48)27(43,44)25(39,40)23(2)37/h23-24H,3-21,63H2,1-2H3,(H,64,67). The van der Waals surface area contributed by atoms with Crippen molar-refractivity contribution in [3.63, 3.8) is 0 Å². The van der Waals surface area contributed by atoms with Crippen molar-refractivity contribution in [3.8, 4) is 0 Å². The minimum atomic E-state index is -8.91. The van der Waals surface area contributed by atoms with Gasteiger partial charge in [0.1, 0.15) is 0 Å². The molecule has 2 unspecified atom stereocenters. The van der Waals surface area contributed by atoms with Crippen LogP contribution in [0.15, 0.2) is 0 Å². The molecular formula is C36H49F26N4O. The van der Waals surface area contributed by atoms with Gasteiger partial charge in [0.05, 0.1) is 0 Å². The molecule has 1 radical (unpaired) electrons. The Kier molecular flexibility index (Phi) is 22.8. The van der Waals surface area contributed by atoms with E-state index in [4.69, 9.17) is 5.73 Å². The Bertz CT molecular complexity index is 1480. The highest BCUT2D eigenvalue weighted by Crippen LogP contribution is 2.64. The van der Waals surface area contributed by atoms with Gasteiger partial charge in [-0.1, -0.05) is 58.3 Å². The zero-order chi connectivity index (χ0) is 53.2. The van der Waals surface area contributed by atoms with Crippen LogP contribution in [0.5, 0.6) is 0 Å². The van der Waals surface area contributed by atoms with Crippen LogP contribution in [0.4, 0.5) is 114 Å². The third-order valence-electron chi connectivity index (χ3n) is 10.5. The van der Waals surface area contributed by atoms with Crippen LogP contribution in [0, 0.1) is 0 Å². The van der Waals surface area contributed by atoms with Gasteiger partial charge in [-0.15, -0.1) is 0 Å². The molecule has 0 spiro atoms. The van der Waals surface area contributed by atoms with Gasteiger partial charge in [0.2, 0.25) is 0 Å². The minimum Gasteiger partial charge on any atom is -0.348 e. The number of hydrogen-bond donors (Lipinski definition) is 2. The number of carbonyl (C=O) groups excluding carboxylic acids is 1. The van der Waals surface area contributed by atoms with E-state index in [0.29, 0.717) is 12.8 Å². The lowest BCUT2D eigenvalue weighted by atomic mass is 9.87. The van der Waals surface area contributed by atoms with Crippen molar-refractivity contribution in [2.24, 2.45) is 5.73 Å². The summed E-state index contributed by atoms with van der Waals surface area (Å²) in [7, 11) is 0. The summed E-state index contributed by atoms with van der Waals surface area (Å²) in [5.74, 6) is -79.7. The average molecular weight is 1050 g/mol. The van der Waals surface area contributed by atoms with E-state index in [0.717, 1.165) is 25.7 Å². The molecule has 0 heterocycles. The predicted octanol–water partition coefficient (Wildman–Crippen LogP) is 12.5. The van der Waals surface area contributed by atoms with Crippen LogP contribution in [0.2, 0.25) is 0 Å². The second-order valence-electron chi connectivity index (χ2n) is 15.5. The normalized spacial score (nSPS) is 16.0. The smallest absolute Gasteiger partial charge is 0.348 e. The third-order valence-corrected chi connectivity index (χ3v) is 10.5. The Labute approximate surface area is 366 Å². The van der Waals surface area contributed by atoms with Gasteiger partial charge in [0, 0.05) is 32.7 Å². The Morgan fingerprint density at radius 2 is 0.776 bits per heavy atom. The number of nitrogens with zero attached hydrogens (tertiary/aromatic N) is 2. The fourth-order valence-corrected chi connectivity index (χ4v) is 6.15. The van der Waals surface area contributed by atoms with E-state index < -0.39 is 178 Å². The van der Waals surface area contributed by atoms with Crippen molar-refractivity contribution in [3.05, 3.63) is 0 Å². The topological polar surface area (TPSA) is 61.6 Å². The largest absolute Gasteiger partial charge is 0.392 e. The van der Waals surface area contributed by atoms with Gasteiger partial charge < -0.3 is 11.1 Å². The van der Waals surface area contributed by atoms with E-state index in [1.807, 2.05) is 6.92 Å². The number of rotatable bonds is 36. The molecule has 0 saturated carbocycles. The third kappa shape index (κ3) is 12.5. The molecule has 0 rings (SSSR count). The number of amides is 1. The van der Waals surface area contributed by atoms with Crippen molar-refractivity contribution in [2.45, 2.75) is 181 Å². The molecule has 0 fully saturated rings. The molecule has 1 amide bonds. The van der Waals surface area contributed by atoms with E-state index in [9.17, 15) is 92.6 Å². The first-order chi connectivity index (χ1) is 30.0. The quantitative estimate of drug-likeness (QED) is 0.0284. The highest BCUT2D eigenvalue weighted by Gasteiger charge is 2.95. The zero-order valence-electron chi connectivity index (χ0n) is 35.3. The molecule has 3 N–H and O–H groups in total. The molecule has 0 aromatic carbocycles. The summed E-state index contributed by atoms with van der Waals surface area (Å²) in [6.45, 7) is -8.22. The number of halogens is 26. The molecule has 67 heavy (non-hydrogen) atoms. The first-order valence-electron chi connectivity index (χ1n) is 20.2. The molecule has 0 aromatic rings. The molecule has 0 bridgehead atoms. The summed E-state index contributed by atoms with van der Waals surface area (Å²) in [5.41, 5.74) is 4.98. The van der Waals surface area contributed by atoms with Gasteiger partial charge in [-0.2, -0.15) is 105 Å². The van der Waals surface area contributed by atoms with Crippen LogP contribution < -0.4 is 11.1 Å². The predicted molar refractivity (Wildman–Crippen MR) is 186 cm³/mol.